The number of halogens is 1. The van der Waals surface area contributed by atoms with Crippen LogP contribution in [0.25, 0.3) is 0 Å². The van der Waals surface area contributed by atoms with E-state index in [0.717, 1.165) is 35.3 Å². The molecule has 5 nitrogen and oxygen atoms in total. The van der Waals surface area contributed by atoms with Gasteiger partial charge in [-0.3, -0.25) is 4.79 Å². The van der Waals surface area contributed by atoms with Crippen LogP contribution in [-0.2, 0) is 19.5 Å². The molecule has 0 bridgehead atoms. The van der Waals surface area contributed by atoms with Crippen LogP contribution in [0.5, 0.6) is 0 Å². The lowest BCUT2D eigenvalue weighted by Gasteiger charge is -2.25. The summed E-state index contributed by atoms with van der Waals surface area (Å²) in [5, 5.41) is 9.36. The van der Waals surface area contributed by atoms with Gasteiger partial charge in [0.1, 0.15) is 5.02 Å². The standard InChI is InChI=1S/C26H27ClN2O3/c1-17-4-3-5-21(14-17)28(2)16-24-22(19-10-11-19)15-23(27)25(30)29(24)13-12-18-6-8-20(9-7-18)26(31)32/h3-9,14-15,19H,10-13,16H2,1-2H3,(H,31,32). The zero-order valence-electron chi connectivity index (χ0n) is 18.3. The molecule has 0 atom stereocenters. The van der Waals surface area contributed by atoms with E-state index < -0.39 is 5.97 Å². The SMILES string of the molecule is Cc1cccc(N(C)Cc2c(C3CC3)cc(Cl)c(=O)n2CCc2ccc(C(=O)O)cc2)c1. The van der Waals surface area contributed by atoms with E-state index in [-0.39, 0.29) is 16.1 Å². The highest BCUT2D eigenvalue weighted by Gasteiger charge is 2.29. The minimum Gasteiger partial charge on any atom is -0.478 e. The Bertz CT molecular complexity index is 1200. The van der Waals surface area contributed by atoms with Gasteiger partial charge in [-0.2, -0.15) is 0 Å². The van der Waals surface area contributed by atoms with Crippen LogP contribution in [0, 0.1) is 6.92 Å². The van der Waals surface area contributed by atoms with Crippen molar-refractivity contribution in [2.45, 2.75) is 45.2 Å². The van der Waals surface area contributed by atoms with Gasteiger partial charge < -0.3 is 14.6 Å². The summed E-state index contributed by atoms with van der Waals surface area (Å²) in [7, 11) is 2.04. The molecular weight excluding hydrogens is 424 g/mol. The van der Waals surface area contributed by atoms with Crippen molar-refractivity contribution in [1.82, 2.24) is 4.57 Å². The Morgan fingerprint density at radius 1 is 1.16 bits per heavy atom. The fourth-order valence-corrected chi connectivity index (χ4v) is 4.31. The van der Waals surface area contributed by atoms with Crippen molar-refractivity contribution in [1.29, 1.82) is 0 Å². The first-order valence-electron chi connectivity index (χ1n) is 10.9. The third-order valence-corrected chi connectivity index (χ3v) is 6.33. The van der Waals surface area contributed by atoms with Gasteiger partial charge in [0.2, 0.25) is 0 Å². The Morgan fingerprint density at radius 2 is 1.88 bits per heavy atom. The summed E-state index contributed by atoms with van der Waals surface area (Å²) in [4.78, 5) is 26.3. The number of carboxylic acid groups (broad SMARTS) is 1. The summed E-state index contributed by atoms with van der Waals surface area (Å²) in [5.41, 5.74) is 5.52. The number of carbonyl (C=O) groups is 1. The quantitative estimate of drug-likeness (QED) is 0.508. The molecule has 1 fully saturated rings. The molecule has 0 aliphatic heterocycles. The second-order valence-electron chi connectivity index (χ2n) is 8.57. The van der Waals surface area contributed by atoms with Gasteiger partial charge in [0.25, 0.3) is 5.56 Å². The van der Waals surface area contributed by atoms with Gasteiger partial charge >= 0.3 is 5.97 Å². The summed E-state index contributed by atoms with van der Waals surface area (Å²) in [6.45, 7) is 3.17. The fraction of sp³-hybridized carbons (Fsp3) is 0.308. The number of hydrogen-bond donors (Lipinski definition) is 1. The Labute approximate surface area is 192 Å². The van der Waals surface area contributed by atoms with Crippen molar-refractivity contribution in [3.63, 3.8) is 0 Å². The summed E-state index contributed by atoms with van der Waals surface area (Å²) in [5.74, 6) is -0.492. The molecule has 3 aromatic rings. The van der Waals surface area contributed by atoms with Crippen LogP contribution in [-0.4, -0.2) is 22.7 Å². The average Bonchev–Trinajstić information content (AvgIpc) is 3.61. The molecule has 0 saturated heterocycles. The first kappa shape index (κ1) is 22.2. The minimum absolute atomic E-state index is 0.175. The lowest BCUT2D eigenvalue weighted by atomic mass is 10.1. The number of carboxylic acids is 1. The molecule has 0 amide bonds. The van der Waals surface area contributed by atoms with Crippen molar-refractivity contribution in [3.05, 3.63) is 97.9 Å². The number of hydrogen-bond acceptors (Lipinski definition) is 3. The van der Waals surface area contributed by atoms with Crippen LogP contribution in [0.3, 0.4) is 0 Å². The van der Waals surface area contributed by atoms with Crippen LogP contribution in [0.2, 0.25) is 5.02 Å². The third kappa shape index (κ3) is 4.89. The van der Waals surface area contributed by atoms with E-state index in [1.54, 1.807) is 24.3 Å². The number of benzene rings is 2. The molecule has 6 heteroatoms. The van der Waals surface area contributed by atoms with E-state index in [1.807, 2.05) is 23.7 Å². The van der Waals surface area contributed by atoms with E-state index in [2.05, 4.69) is 30.0 Å². The Hall–Kier alpha value is -3.05. The number of aromatic carboxylic acids is 1. The van der Waals surface area contributed by atoms with Gasteiger partial charge in [0, 0.05) is 25.0 Å². The molecule has 1 aliphatic carbocycles. The number of aromatic nitrogens is 1. The monoisotopic (exact) mass is 450 g/mol. The predicted molar refractivity (Wildman–Crippen MR) is 128 cm³/mol. The Balaban J connectivity index is 1.66. The summed E-state index contributed by atoms with van der Waals surface area (Å²) in [6.07, 6.45) is 2.85. The largest absolute Gasteiger partial charge is 0.478 e. The summed E-state index contributed by atoms with van der Waals surface area (Å²) >= 11 is 6.36. The van der Waals surface area contributed by atoms with Gasteiger partial charge in [0.05, 0.1) is 12.1 Å². The molecular formula is C26H27ClN2O3. The van der Waals surface area contributed by atoms with E-state index in [0.29, 0.717) is 25.4 Å². The number of anilines is 1. The second-order valence-corrected chi connectivity index (χ2v) is 8.98. The molecule has 1 saturated carbocycles. The normalized spacial score (nSPS) is 13.2. The number of rotatable bonds is 8. The highest BCUT2D eigenvalue weighted by atomic mass is 35.5. The van der Waals surface area contributed by atoms with Gasteiger partial charge in [-0.05, 0) is 79.1 Å². The lowest BCUT2D eigenvalue weighted by Crippen LogP contribution is -2.30. The zero-order valence-corrected chi connectivity index (χ0v) is 19.1. The topological polar surface area (TPSA) is 62.5 Å². The zero-order chi connectivity index (χ0) is 22.8. The van der Waals surface area contributed by atoms with Gasteiger partial charge in [-0.25, -0.2) is 4.79 Å². The van der Waals surface area contributed by atoms with E-state index in [1.165, 1.54) is 5.56 Å². The maximum atomic E-state index is 13.1. The van der Waals surface area contributed by atoms with Crippen molar-refractivity contribution in [2.24, 2.45) is 0 Å². The molecule has 1 heterocycles. The number of nitrogens with zero attached hydrogens (tertiary/aromatic N) is 2. The lowest BCUT2D eigenvalue weighted by molar-refractivity contribution is 0.0697. The highest BCUT2D eigenvalue weighted by Crippen LogP contribution is 2.42. The number of pyridine rings is 1. The van der Waals surface area contributed by atoms with E-state index in [9.17, 15) is 9.59 Å². The molecule has 166 valence electrons. The maximum absolute atomic E-state index is 13.1. The highest BCUT2D eigenvalue weighted by molar-refractivity contribution is 6.30. The minimum atomic E-state index is -0.946. The molecule has 4 rings (SSSR count). The van der Waals surface area contributed by atoms with Crippen LogP contribution in [0.4, 0.5) is 5.69 Å². The molecule has 0 spiro atoms. The van der Waals surface area contributed by atoms with Gasteiger partial charge in [-0.15, -0.1) is 0 Å². The molecule has 32 heavy (non-hydrogen) atoms. The van der Waals surface area contributed by atoms with Crippen molar-refractivity contribution in [2.75, 3.05) is 11.9 Å². The molecule has 1 N–H and O–H groups in total. The smallest absolute Gasteiger partial charge is 0.335 e. The van der Waals surface area contributed by atoms with Crippen molar-refractivity contribution in [3.8, 4) is 0 Å². The van der Waals surface area contributed by atoms with Crippen LogP contribution >= 0.6 is 11.6 Å². The molecule has 1 aromatic heterocycles. The Kier molecular flexibility index (Phi) is 6.38. The van der Waals surface area contributed by atoms with Crippen LogP contribution < -0.4 is 10.5 Å². The van der Waals surface area contributed by atoms with Crippen LogP contribution in [0.1, 0.15) is 51.5 Å². The number of aryl methyl sites for hydroxylation is 2. The average molecular weight is 451 g/mol. The first-order valence-corrected chi connectivity index (χ1v) is 11.2. The predicted octanol–water partition coefficient (Wildman–Crippen LogP) is 5.26. The Morgan fingerprint density at radius 3 is 2.50 bits per heavy atom. The van der Waals surface area contributed by atoms with Crippen molar-refractivity contribution < 1.29 is 9.90 Å². The molecule has 0 unspecified atom stereocenters. The molecule has 1 aliphatic rings. The molecule has 0 radical (unpaired) electrons. The fourth-order valence-electron chi connectivity index (χ4n) is 4.09. The second kappa shape index (κ2) is 9.21. The first-order chi connectivity index (χ1) is 15.3. The van der Waals surface area contributed by atoms with E-state index >= 15 is 0 Å². The van der Waals surface area contributed by atoms with Crippen LogP contribution in [0.15, 0.2) is 59.4 Å². The molecule has 2 aromatic carbocycles. The van der Waals surface area contributed by atoms with E-state index in [4.69, 9.17) is 16.7 Å². The van der Waals surface area contributed by atoms with Gasteiger partial charge in [0.15, 0.2) is 0 Å². The van der Waals surface area contributed by atoms with Crippen molar-refractivity contribution >= 4 is 23.3 Å². The maximum Gasteiger partial charge on any atom is 0.335 e. The third-order valence-electron chi connectivity index (χ3n) is 6.06. The summed E-state index contributed by atoms with van der Waals surface area (Å²) in [6, 6.07) is 17.0. The van der Waals surface area contributed by atoms with Gasteiger partial charge in [-0.1, -0.05) is 35.9 Å². The summed E-state index contributed by atoms with van der Waals surface area (Å²) < 4.78 is 1.81.